The number of fused-ring (bicyclic) bond motifs is 1. The van der Waals surface area contributed by atoms with Crippen LogP contribution in [0.4, 0.5) is 0 Å². The minimum atomic E-state index is -0.265. The van der Waals surface area contributed by atoms with Gasteiger partial charge in [0.05, 0.1) is 11.8 Å². The Hall–Kier alpha value is -2.68. The van der Waals surface area contributed by atoms with E-state index in [4.69, 9.17) is 4.52 Å². The van der Waals surface area contributed by atoms with E-state index in [-0.39, 0.29) is 23.6 Å². The number of amides is 2. The van der Waals surface area contributed by atoms with E-state index in [1.54, 1.807) is 33.8 Å². The van der Waals surface area contributed by atoms with Gasteiger partial charge >= 0.3 is 0 Å². The highest BCUT2D eigenvalue weighted by Gasteiger charge is 2.39. The standard InChI is InChI=1S/C17H22N6O3/c1-11-12(9-18-21(11)3)15-8-13(19-26-15)16(24)23-7-6-22-5-4-20(2)17(25)14(22)10-23/h8-9,14H,4-7,10H2,1-3H3/t14-/m1/s1. The van der Waals surface area contributed by atoms with Crippen LogP contribution in [-0.2, 0) is 11.8 Å². The molecular formula is C17H22N6O3. The van der Waals surface area contributed by atoms with Crippen LogP contribution in [0.15, 0.2) is 16.8 Å². The Kier molecular flexibility index (Phi) is 4.03. The lowest BCUT2D eigenvalue weighted by molar-refractivity contribution is -0.142. The second-order valence-electron chi connectivity index (χ2n) is 6.91. The second-order valence-corrected chi connectivity index (χ2v) is 6.91. The molecule has 0 aromatic carbocycles. The normalized spacial score (nSPS) is 21.2. The Labute approximate surface area is 151 Å². The molecule has 26 heavy (non-hydrogen) atoms. The number of piperazine rings is 2. The van der Waals surface area contributed by atoms with Crippen LogP contribution < -0.4 is 0 Å². The zero-order valence-corrected chi connectivity index (χ0v) is 15.2. The molecule has 4 heterocycles. The van der Waals surface area contributed by atoms with Crippen LogP contribution in [0.25, 0.3) is 11.3 Å². The highest BCUT2D eigenvalue weighted by molar-refractivity contribution is 5.94. The smallest absolute Gasteiger partial charge is 0.276 e. The molecule has 9 nitrogen and oxygen atoms in total. The number of likely N-dealkylation sites (N-methyl/N-ethyl adjacent to an activating group) is 1. The summed E-state index contributed by atoms with van der Waals surface area (Å²) in [5.74, 6) is 0.383. The maximum atomic E-state index is 12.8. The van der Waals surface area contributed by atoms with E-state index in [0.29, 0.717) is 25.4 Å². The largest absolute Gasteiger partial charge is 0.355 e. The van der Waals surface area contributed by atoms with Crippen molar-refractivity contribution in [2.24, 2.45) is 7.05 Å². The number of aromatic nitrogens is 3. The Morgan fingerprint density at radius 3 is 2.73 bits per heavy atom. The molecule has 0 bridgehead atoms. The van der Waals surface area contributed by atoms with Crippen molar-refractivity contribution < 1.29 is 14.1 Å². The van der Waals surface area contributed by atoms with E-state index < -0.39 is 0 Å². The first-order valence-corrected chi connectivity index (χ1v) is 8.69. The zero-order valence-electron chi connectivity index (χ0n) is 15.2. The lowest BCUT2D eigenvalue weighted by atomic mass is 10.1. The molecular weight excluding hydrogens is 336 g/mol. The molecule has 0 saturated carbocycles. The monoisotopic (exact) mass is 358 g/mol. The topological polar surface area (TPSA) is 87.7 Å². The predicted molar refractivity (Wildman–Crippen MR) is 92.3 cm³/mol. The van der Waals surface area contributed by atoms with Crippen LogP contribution in [0, 0.1) is 6.92 Å². The summed E-state index contributed by atoms with van der Waals surface area (Å²) in [5.41, 5.74) is 2.01. The van der Waals surface area contributed by atoms with Crippen molar-refractivity contribution in [2.45, 2.75) is 13.0 Å². The third kappa shape index (κ3) is 2.68. The fourth-order valence-corrected chi connectivity index (χ4v) is 3.56. The van der Waals surface area contributed by atoms with Crippen molar-refractivity contribution >= 4 is 11.8 Å². The van der Waals surface area contributed by atoms with E-state index in [9.17, 15) is 9.59 Å². The number of hydrogen-bond donors (Lipinski definition) is 0. The first kappa shape index (κ1) is 16.8. The van der Waals surface area contributed by atoms with E-state index in [1.807, 2.05) is 14.0 Å². The minimum Gasteiger partial charge on any atom is -0.355 e. The molecule has 1 atom stereocenters. The van der Waals surface area contributed by atoms with Gasteiger partial charge in [0.2, 0.25) is 5.91 Å². The number of carbonyl (C=O) groups is 2. The van der Waals surface area contributed by atoms with Crippen LogP contribution in [0.3, 0.4) is 0 Å². The molecule has 2 aliphatic rings. The highest BCUT2D eigenvalue weighted by atomic mass is 16.5. The van der Waals surface area contributed by atoms with Crippen molar-refractivity contribution in [2.75, 3.05) is 39.8 Å². The minimum absolute atomic E-state index is 0.0700. The van der Waals surface area contributed by atoms with Crippen molar-refractivity contribution in [1.82, 2.24) is 29.6 Å². The molecule has 0 aliphatic carbocycles. The Morgan fingerprint density at radius 2 is 2.00 bits per heavy atom. The molecule has 2 aromatic rings. The van der Waals surface area contributed by atoms with Crippen molar-refractivity contribution in [3.8, 4) is 11.3 Å². The average Bonchev–Trinajstić information content (AvgIpc) is 3.25. The molecule has 0 spiro atoms. The van der Waals surface area contributed by atoms with Crippen LogP contribution >= 0.6 is 0 Å². The highest BCUT2D eigenvalue weighted by Crippen LogP contribution is 2.24. The number of aryl methyl sites for hydroxylation is 1. The second kappa shape index (κ2) is 6.24. The van der Waals surface area contributed by atoms with Crippen molar-refractivity contribution in [3.05, 3.63) is 23.7 Å². The maximum Gasteiger partial charge on any atom is 0.276 e. The summed E-state index contributed by atoms with van der Waals surface area (Å²) in [6.45, 7) is 5.18. The zero-order chi connectivity index (χ0) is 18.4. The van der Waals surface area contributed by atoms with Gasteiger partial charge in [0, 0.05) is 58.6 Å². The Balaban J connectivity index is 1.52. The summed E-state index contributed by atoms with van der Waals surface area (Å²) in [4.78, 5) is 30.8. The first-order chi connectivity index (χ1) is 12.5. The SMILES string of the molecule is Cc1c(-c2cc(C(=O)N3CCN4CCN(C)C(=O)[C@H]4C3)no2)cnn1C. The maximum absolute atomic E-state index is 12.8. The molecule has 2 aliphatic heterocycles. The Morgan fingerprint density at radius 1 is 1.23 bits per heavy atom. The van der Waals surface area contributed by atoms with Gasteiger partial charge in [-0.1, -0.05) is 5.16 Å². The van der Waals surface area contributed by atoms with Crippen LogP contribution in [0.2, 0.25) is 0 Å². The molecule has 2 amide bonds. The molecule has 9 heteroatoms. The van der Waals surface area contributed by atoms with Crippen molar-refractivity contribution in [1.29, 1.82) is 0 Å². The lowest BCUT2D eigenvalue weighted by Crippen LogP contribution is -2.64. The summed E-state index contributed by atoms with van der Waals surface area (Å²) in [7, 11) is 3.65. The molecule has 0 unspecified atom stereocenters. The van der Waals surface area contributed by atoms with Crippen LogP contribution in [-0.4, -0.2) is 87.3 Å². The van der Waals surface area contributed by atoms with Crippen LogP contribution in [0.1, 0.15) is 16.2 Å². The molecule has 2 fully saturated rings. The van der Waals surface area contributed by atoms with Gasteiger partial charge in [0.15, 0.2) is 11.5 Å². The lowest BCUT2D eigenvalue weighted by Gasteiger charge is -2.45. The van der Waals surface area contributed by atoms with Gasteiger partial charge in [-0.2, -0.15) is 5.10 Å². The quantitative estimate of drug-likeness (QED) is 0.750. The summed E-state index contributed by atoms with van der Waals surface area (Å²) < 4.78 is 7.11. The van der Waals surface area contributed by atoms with Crippen molar-refractivity contribution in [3.63, 3.8) is 0 Å². The van der Waals surface area contributed by atoms with Gasteiger partial charge in [0.1, 0.15) is 6.04 Å². The van der Waals surface area contributed by atoms with Gasteiger partial charge in [-0.3, -0.25) is 19.2 Å². The number of carbonyl (C=O) groups excluding carboxylic acids is 2. The average molecular weight is 358 g/mol. The summed E-state index contributed by atoms with van der Waals surface area (Å²) in [5, 5.41) is 8.13. The molecule has 2 saturated heterocycles. The molecule has 138 valence electrons. The van der Waals surface area contributed by atoms with E-state index in [0.717, 1.165) is 24.3 Å². The van der Waals surface area contributed by atoms with Gasteiger partial charge in [-0.25, -0.2) is 0 Å². The van der Waals surface area contributed by atoms with E-state index >= 15 is 0 Å². The predicted octanol–water partition coefficient (Wildman–Crippen LogP) is -0.0181. The number of rotatable bonds is 2. The first-order valence-electron chi connectivity index (χ1n) is 8.69. The van der Waals surface area contributed by atoms with E-state index in [1.165, 1.54) is 0 Å². The van der Waals surface area contributed by atoms with E-state index in [2.05, 4.69) is 15.2 Å². The summed E-state index contributed by atoms with van der Waals surface area (Å²) in [6.07, 6.45) is 1.69. The Bertz CT molecular complexity index is 857. The third-order valence-corrected chi connectivity index (χ3v) is 5.39. The van der Waals surface area contributed by atoms with Gasteiger partial charge < -0.3 is 14.3 Å². The molecule has 0 N–H and O–H groups in total. The summed E-state index contributed by atoms with van der Waals surface area (Å²) >= 11 is 0. The van der Waals surface area contributed by atoms with Gasteiger partial charge in [-0.05, 0) is 6.92 Å². The van der Waals surface area contributed by atoms with Crippen LogP contribution in [0.5, 0.6) is 0 Å². The molecule has 0 radical (unpaired) electrons. The fourth-order valence-electron chi connectivity index (χ4n) is 3.56. The van der Waals surface area contributed by atoms with Gasteiger partial charge in [-0.15, -0.1) is 0 Å². The molecule has 2 aromatic heterocycles. The summed E-state index contributed by atoms with van der Waals surface area (Å²) in [6, 6.07) is 1.38. The third-order valence-electron chi connectivity index (χ3n) is 5.39. The van der Waals surface area contributed by atoms with Gasteiger partial charge in [0.25, 0.3) is 5.91 Å². The molecule has 4 rings (SSSR count). The number of nitrogens with zero attached hydrogens (tertiary/aromatic N) is 6. The number of hydrogen-bond acceptors (Lipinski definition) is 6. The fraction of sp³-hybridized carbons (Fsp3) is 0.529.